The van der Waals surface area contributed by atoms with Gasteiger partial charge in [-0.3, -0.25) is 9.69 Å². The zero-order chi connectivity index (χ0) is 13.8. The van der Waals surface area contributed by atoms with Crippen molar-refractivity contribution in [3.63, 3.8) is 0 Å². The Morgan fingerprint density at radius 2 is 2.00 bits per heavy atom. The first kappa shape index (κ1) is 14.3. The number of nitrogens with zero attached hydrogens (tertiary/aromatic N) is 1. The highest BCUT2D eigenvalue weighted by molar-refractivity contribution is 5.97. The van der Waals surface area contributed by atoms with Crippen LogP contribution < -0.4 is 0 Å². The molecule has 0 N–H and O–H groups in total. The van der Waals surface area contributed by atoms with Gasteiger partial charge in [0.25, 0.3) is 0 Å². The van der Waals surface area contributed by atoms with Crippen molar-refractivity contribution in [3.05, 3.63) is 34.9 Å². The normalized spacial score (nSPS) is 14.9. The first-order valence-electron chi connectivity index (χ1n) is 7.43. The number of rotatable bonds is 7. The minimum absolute atomic E-state index is 0.261. The number of benzene rings is 1. The minimum atomic E-state index is 0.261. The van der Waals surface area contributed by atoms with E-state index in [0.717, 1.165) is 31.0 Å². The van der Waals surface area contributed by atoms with Crippen LogP contribution in [0, 0.1) is 19.8 Å². The van der Waals surface area contributed by atoms with E-state index in [-0.39, 0.29) is 5.78 Å². The zero-order valence-electron chi connectivity index (χ0n) is 12.4. The lowest BCUT2D eigenvalue weighted by Crippen LogP contribution is -2.32. The summed E-state index contributed by atoms with van der Waals surface area (Å²) in [7, 11) is 0. The number of carbonyl (C=O) groups excluding carboxylic acids is 1. The Kier molecular flexibility index (Phi) is 4.76. The highest BCUT2D eigenvalue weighted by atomic mass is 16.1. The molecule has 1 fully saturated rings. The maximum Gasteiger partial charge on any atom is 0.176 e. The van der Waals surface area contributed by atoms with Gasteiger partial charge in [-0.05, 0) is 62.8 Å². The van der Waals surface area contributed by atoms with Crippen molar-refractivity contribution >= 4 is 5.78 Å². The lowest BCUT2D eigenvalue weighted by Gasteiger charge is -2.20. The number of hydrogen-bond donors (Lipinski definition) is 0. The van der Waals surface area contributed by atoms with Crippen LogP contribution in [0.3, 0.4) is 0 Å². The van der Waals surface area contributed by atoms with E-state index in [1.807, 2.05) is 18.2 Å². The van der Waals surface area contributed by atoms with Crippen LogP contribution in [0.5, 0.6) is 0 Å². The van der Waals surface area contributed by atoms with Crippen molar-refractivity contribution in [1.82, 2.24) is 4.90 Å². The summed E-state index contributed by atoms with van der Waals surface area (Å²) in [5.41, 5.74) is 3.31. The van der Waals surface area contributed by atoms with E-state index in [2.05, 4.69) is 25.7 Å². The van der Waals surface area contributed by atoms with Crippen LogP contribution in [-0.4, -0.2) is 30.3 Å². The van der Waals surface area contributed by atoms with E-state index in [4.69, 9.17) is 0 Å². The van der Waals surface area contributed by atoms with Crippen LogP contribution in [0.15, 0.2) is 18.2 Å². The third kappa shape index (κ3) is 4.17. The van der Waals surface area contributed by atoms with E-state index >= 15 is 0 Å². The lowest BCUT2D eigenvalue weighted by atomic mass is 10.0. The predicted molar refractivity (Wildman–Crippen MR) is 79.7 cm³/mol. The third-order valence-corrected chi connectivity index (χ3v) is 3.95. The molecule has 2 nitrogen and oxygen atoms in total. The molecule has 1 saturated carbocycles. The molecule has 0 amide bonds. The molecule has 1 aromatic carbocycles. The minimum Gasteiger partial charge on any atom is -0.296 e. The Bertz CT molecular complexity index is 449. The number of aryl methyl sites for hydroxylation is 2. The maximum absolute atomic E-state index is 12.4. The fourth-order valence-corrected chi connectivity index (χ4v) is 2.43. The topological polar surface area (TPSA) is 20.3 Å². The summed E-state index contributed by atoms with van der Waals surface area (Å²) in [5, 5.41) is 0. The maximum atomic E-state index is 12.4. The van der Waals surface area contributed by atoms with Crippen molar-refractivity contribution < 1.29 is 4.79 Å². The van der Waals surface area contributed by atoms with Gasteiger partial charge in [-0.15, -0.1) is 0 Å². The van der Waals surface area contributed by atoms with E-state index < -0.39 is 0 Å². The summed E-state index contributed by atoms with van der Waals surface area (Å²) in [6.07, 6.45) is 3.81. The second kappa shape index (κ2) is 6.33. The summed E-state index contributed by atoms with van der Waals surface area (Å²) in [5.74, 6) is 1.11. The number of ketones is 1. The Morgan fingerprint density at radius 1 is 1.26 bits per heavy atom. The van der Waals surface area contributed by atoms with Gasteiger partial charge >= 0.3 is 0 Å². The molecule has 0 spiro atoms. The SMILES string of the molecule is CCCN(CC(=O)c1ccc(C)c(C)c1)CC1CC1. The molecule has 0 radical (unpaired) electrons. The molecule has 1 aromatic rings. The molecule has 2 rings (SSSR count). The molecule has 0 aliphatic heterocycles. The first-order chi connectivity index (χ1) is 9.10. The molecule has 0 unspecified atom stereocenters. The molecular formula is C17H25NO. The molecule has 19 heavy (non-hydrogen) atoms. The fraction of sp³-hybridized carbons (Fsp3) is 0.588. The number of hydrogen-bond acceptors (Lipinski definition) is 2. The predicted octanol–water partition coefficient (Wildman–Crippen LogP) is 3.61. The monoisotopic (exact) mass is 259 g/mol. The number of carbonyl (C=O) groups is 1. The molecule has 1 aliphatic carbocycles. The standard InChI is InChI=1S/C17H25NO/c1-4-9-18(11-15-6-7-15)12-17(19)16-8-5-13(2)14(3)10-16/h5,8,10,15H,4,6-7,9,11-12H2,1-3H3. The number of Topliss-reactive ketones (excluding diaryl/α,β-unsaturated/α-hetero) is 1. The van der Waals surface area contributed by atoms with Crippen LogP contribution in [0.2, 0.25) is 0 Å². The quantitative estimate of drug-likeness (QED) is 0.697. The molecule has 0 saturated heterocycles. The zero-order valence-corrected chi connectivity index (χ0v) is 12.4. The lowest BCUT2D eigenvalue weighted by molar-refractivity contribution is 0.0927. The summed E-state index contributed by atoms with van der Waals surface area (Å²) >= 11 is 0. The van der Waals surface area contributed by atoms with Crippen molar-refractivity contribution in [1.29, 1.82) is 0 Å². The summed E-state index contributed by atoms with van der Waals surface area (Å²) in [6, 6.07) is 6.04. The summed E-state index contributed by atoms with van der Waals surface area (Å²) < 4.78 is 0. The Hall–Kier alpha value is -1.15. The van der Waals surface area contributed by atoms with Gasteiger partial charge in [-0.1, -0.05) is 19.1 Å². The van der Waals surface area contributed by atoms with Crippen LogP contribution >= 0.6 is 0 Å². The summed E-state index contributed by atoms with van der Waals surface area (Å²) in [4.78, 5) is 14.7. The largest absolute Gasteiger partial charge is 0.296 e. The van der Waals surface area contributed by atoms with Gasteiger partial charge in [0.1, 0.15) is 0 Å². The van der Waals surface area contributed by atoms with Crippen molar-refractivity contribution in [2.45, 2.75) is 40.0 Å². The third-order valence-electron chi connectivity index (χ3n) is 3.95. The fourth-order valence-electron chi connectivity index (χ4n) is 2.43. The second-order valence-corrected chi connectivity index (χ2v) is 5.90. The second-order valence-electron chi connectivity index (χ2n) is 5.90. The van der Waals surface area contributed by atoms with Gasteiger partial charge in [-0.2, -0.15) is 0 Å². The van der Waals surface area contributed by atoms with E-state index in [9.17, 15) is 4.79 Å². The Balaban J connectivity index is 1.98. The van der Waals surface area contributed by atoms with Gasteiger partial charge < -0.3 is 0 Å². The first-order valence-corrected chi connectivity index (χ1v) is 7.43. The molecule has 2 heteroatoms. The van der Waals surface area contributed by atoms with Crippen LogP contribution in [0.25, 0.3) is 0 Å². The van der Waals surface area contributed by atoms with Gasteiger partial charge in [0.2, 0.25) is 0 Å². The van der Waals surface area contributed by atoms with E-state index in [1.165, 1.54) is 24.0 Å². The highest BCUT2D eigenvalue weighted by Crippen LogP contribution is 2.29. The molecule has 1 aliphatic rings. The smallest absolute Gasteiger partial charge is 0.176 e. The van der Waals surface area contributed by atoms with Gasteiger partial charge in [0.05, 0.1) is 6.54 Å². The Labute approximate surface area is 116 Å². The van der Waals surface area contributed by atoms with E-state index in [0.29, 0.717) is 6.54 Å². The van der Waals surface area contributed by atoms with Gasteiger partial charge in [0.15, 0.2) is 5.78 Å². The van der Waals surface area contributed by atoms with Crippen LogP contribution in [0.4, 0.5) is 0 Å². The van der Waals surface area contributed by atoms with E-state index in [1.54, 1.807) is 0 Å². The average Bonchev–Trinajstić information content (AvgIpc) is 3.16. The molecule has 0 bridgehead atoms. The van der Waals surface area contributed by atoms with Crippen molar-refractivity contribution in [2.75, 3.05) is 19.6 Å². The van der Waals surface area contributed by atoms with Crippen LogP contribution in [0.1, 0.15) is 47.7 Å². The Morgan fingerprint density at radius 3 is 2.58 bits per heavy atom. The molecule has 0 aromatic heterocycles. The highest BCUT2D eigenvalue weighted by Gasteiger charge is 2.25. The summed E-state index contributed by atoms with van der Waals surface area (Å²) in [6.45, 7) is 9.05. The molecule has 104 valence electrons. The van der Waals surface area contributed by atoms with Crippen molar-refractivity contribution in [3.8, 4) is 0 Å². The van der Waals surface area contributed by atoms with Gasteiger partial charge in [-0.25, -0.2) is 0 Å². The van der Waals surface area contributed by atoms with Crippen molar-refractivity contribution in [2.24, 2.45) is 5.92 Å². The van der Waals surface area contributed by atoms with Gasteiger partial charge in [0, 0.05) is 12.1 Å². The average molecular weight is 259 g/mol. The molecule has 0 atom stereocenters. The molecule has 0 heterocycles. The molecular weight excluding hydrogens is 234 g/mol. The van der Waals surface area contributed by atoms with Crippen LogP contribution in [-0.2, 0) is 0 Å².